The van der Waals surface area contributed by atoms with Crippen molar-refractivity contribution in [3.63, 3.8) is 0 Å². The van der Waals surface area contributed by atoms with Gasteiger partial charge in [0, 0.05) is 0 Å². The van der Waals surface area contributed by atoms with Crippen LogP contribution in [0.25, 0.3) is 21.9 Å². The maximum absolute atomic E-state index is 6.26. The zero-order valence-electron chi connectivity index (χ0n) is 17.1. The molecular weight excluding hydrogens is 331 g/mol. The van der Waals surface area contributed by atoms with Crippen molar-refractivity contribution in [3.05, 3.63) is 65.7 Å². The van der Waals surface area contributed by atoms with Gasteiger partial charge in [-0.25, -0.2) is 0 Å². The summed E-state index contributed by atoms with van der Waals surface area (Å²) in [7, 11) is -0.338. The van der Waals surface area contributed by atoms with Crippen molar-refractivity contribution >= 4 is 23.4 Å². The van der Waals surface area contributed by atoms with Crippen LogP contribution in [0.3, 0.4) is 0 Å². The number of benzene rings is 3. The zero-order valence-corrected chi connectivity index (χ0v) is 17.1. The van der Waals surface area contributed by atoms with E-state index in [9.17, 15) is 0 Å². The summed E-state index contributed by atoms with van der Waals surface area (Å²) in [5.74, 6) is 0. The fourth-order valence-electron chi connectivity index (χ4n) is 3.70. The van der Waals surface area contributed by atoms with Crippen molar-refractivity contribution in [2.24, 2.45) is 0 Å². The van der Waals surface area contributed by atoms with Crippen molar-refractivity contribution in [2.75, 3.05) is 0 Å². The van der Waals surface area contributed by atoms with Crippen molar-refractivity contribution < 1.29 is 9.31 Å². The van der Waals surface area contributed by atoms with Crippen LogP contribution in [0, 0.1) is 13.8 Å². The summed E-state index contributed by atoms with van der Waals surface area (Å²) in [6.45, 7) is 12.7. The summed E-state index contributed by atoms with van der Waals surface area (Å²) in [6, 6.07) is 19.6. The third kappa shape index (κ3) is 3.09. The summed E-state index contributed by atoms with van der Waals surface area (Å²) in [4.78, 5) is 0. The van der Waals surface area contributed by atoms with E-state index in [4.69, 9.17) is 9.31 Å². The Morgan fingerprint density at radius 1 is 0.667 bits per heavy atom. The van der Waals surface area contributed by atoms with Crippen LogP contribution in [-0.4, -0.2) is 18.3 Å². The van der Waals surface area contributed by atoms with Gasteiger partial charge < -0.3 is 9.31 Å². The highest BCUT2D eigenvalue weighted by Crippen LogP contribution is 2.37. The van der Waals surface area contributed by atoms with Crippen molar-refractivity contribution in [2.45, 2.75) is 52.7 Å². The number of rotatable bonds is 2. The topological polar surface area (TPSA) is 18.5 Å². The molecule has 3 aromatic carbocycles. The van der Waals surface area contributed by atoms with E-state index < -0.39 is 0 Å². The first kappa shape index (κ1) is 18.3. The van der Waals surface area contributed by atoms with Crippen LogP contribution >= 0.6 is 0 Å². The Labute approximate surface area is 162 Å². The maximum atomic E-state index is 6.26. The molecule has 1 aliphatic heterocycles. The Balaban J connectivity index is 1.79. The Hall–Kier alpha value is -2.10. The third-order valence-electron chi connectivity index (χ3n) is 6.17. The molecule has 0 atom stereocenters. The van der Waals surface area contributed by atoms with Crippen LogP contribution in [-0.2, 0) is 9.31 Å². The van der Waals surface area contributed by atoms with Gasteiger partial charge in [-0.15, -0.1) is 0 Å². The average molecular weight is 358 g/mol. The lowest BCUT2D eigenvalue weighted by molar-refractivity contribution is 0.00578. The van der Waals surface area contributed by atoms with Crippen molar-refractivity contribution in [3.8, 4) is 11.1 Å². The summed E-state index contributed by atoms with van der Waals surface area (Å²) in [5, 5.41) is 2.54. The maximum Gasteiger partial charge on any atom is 0.494 e. The van der Waals surface area contributed by atoms with E-state index in [1.54, 1.807) is 0 Å². The van der Waals surface area contributed by atoms with E-state index in [1.807, 2.05) is 0 Å². The van der Waals surface area contributed by atoms with Gasteiger partial charge in [0.1, 0.15) is 0 Å². The quantitative estimate of drug-likeness (QED) is 0.569. The first-order valence-corrected chi connectivity index (χ1v) is 9.64. The average Bonchev–Trinajstić information content (AvgIpc) is 2.82. The molecule has 27 heavy (non-hydrogen) atoms. The molecule has 0 radical (unpaired) electrons. The molecule has 3 heteroatoms. The monoisotopic (exact) mass is 358 g/mol. The lowest BCUT2D eigenvalue weighted by Crippen LogP contribution is -2.41. The molecule has 0 aliphatic carbocycles. The number of aryl methyl sites for hydroxylation is 2. The predicted octanol–water partition coefficient (Wildman–Crippen LogP) is 5.42. The van der Waals surface area contributed by atoms with Crippen molar-refractivity contribution in [1.29, 1.82) is 0 Å². The predicted molar refractivity (Wildman–Crippen MR) is 115 cm³/mol. The van der Waals surface area contributed by atoms with Crippen molar-refractivity contribution in [1.82, 2.24) is 0 Å². The highest BCUT2D eigenvalue weighted by Gasteiger charge is 2.51. The van der Waals surface area contributed by atoms with E-state index in [1.165, 1.54) is 33.0 Å². The van der Waals surface area contributed by atoms with Gasteiger partial charge in [-0.05, 0) is 86.1 Å². The molecule has 1 heterocycles. The first-order valence-electron chi connectivity index (χ1n) is 9.64. The highest BCUT2D eigenvalue weighted by molar-refractivity contribution is 6.62. The Bertz CT molecular complexity index is 1000. The van der Waals surface area contributed by atoms with Crippen LogP contribution in [0.4, 0.5) is 0 Å². The Morgan fingerprint density at radius 3 is 1.85 bits per heavy atom. The molecule has 1 aliphatic rings. The second-order valence-corrected chi connectivity index (χ2v) is 8.68. The molecular formula is C24H27BO2. The largest absolute Gasteiger partial charge is 0.494 e. The van der Waals surface area contributed by atoms with Gasteiger partial charge in [0.25, 0.3) is 0 Å². The molecule has 0 bridgehead atoms. The van der Waals surface area contributed by atoms with Crippen LogP contribution in [0.1, 0.15) is 38.8 Å². The van der Waals surface area contributed by atoms with Gasteiger partial charge in [-0.3, -0.25) is 0 Å². The van der Waals surface area contributed by atoms with E-state index in [0.29, 0.717) is 0 Å². The summed E-state index contributed by atoms with van der Waals surface area (Å²) in [6.07, 6.45) is 0. The molecule has 1 saturated heterocycles. The van der Waals surface area contributed by atoms with Gasteiger partial charge in [0.05, 0.1) is 11.2 Å². The normalized spacial score (nSPS) is 18.2. The minimum atomic E-state index is -0.338. The zero-order chi connectivity index (χ0) is 19.4. The van der Waals surface area contributed by atoms with Crippen LogP contribution < -0.4 is 5.46 Å². The van der Waals surface area contributed by atoms with Gasteiger partial charge in [-0.1, -0.05) is 48.5 Å². The van der Waals surface area contributed by atoms with E-state index >= 15 is 0 Å². The smallest absolute Gasteiger partial charge is 0.399 e. The Morgan fingerprint density at radius 2 is 1.22 bits per heavy atom. The molecule has 0 aromatic heterocycles. The highest BCUT2D eigenvalue weighted by atomic mass is 16.7. The molecule has 1 fully saturated rings. The van der Waals surface area contributed by atoms with Crippen LogP contribution in [0.5, 0.6) is 0 Å². The van der Waals surface area contributed by atoms with Crippen LogP contribution in [0.15, 0.2) is 54.6 Å². The summed E-state index contributed by atoms with van der Waals surface area (Å²) >= 11 is 0. The molecule has 4 rings (SSSR count). The number of hydrogen-bond acceptors (Lipinski definition) is 2. The molecule has 3 aromatic rings. The summed E-state index contributed by atoms with van der Waals surface area (Å²) < 4.78 is 12.5. The fraction of sp³-hybridized carbons (Fsp3) is 0.333. The molecule has 138 valence electrons. The SMILES string of the molecule is Cc1ccc(B2OC(C)(C)C(C)(C)O2)cc1-c1cc2ccccc2cc1C. The first-order chi connectivity index (χ1) is 12.7. The third-order valence-corrected chi connectivity index (χ3v) is 6.17. The molecule has 0 saturated carbocycles. The lowest BCUT2D eigenvalue weighted by atomic mass is 9.77. The molecule has 0 amide bonds. The number of hydrogen-bond donors (Lipinski definition) is 0. The lowest BCUT2D eigenvalue weighted by Gasteiger charge is -2.32. The van der Waals surface area contributed by atoms with Gasteiger partial charge >= 0.3 is 7.12 Å². The van der Waals surface area contributed by atoms with E-state index in [0.717, 1.165) is 5.46 Å². The van der Waals surface area contributed by atoms with Gasteiger partial charge in [0.2, 0.25) is 0 Å². The number of fused-ring (bicyclic) bond motifs is 1. The second-order valence-electron chi connectivity index (χ2n) is 8.68. The van der Waals surface area contributed by atoms with Crippen LogP contribution in [0.2, 0.25) is 0 Å². The minimum absolute atomic E-state index is 0.332. The van der Waals surface area contributed by atoms with Gasteiger partial charge in [-0.2, -0.15) is 0 Å². The van der Waals surface area contributed by atoms with E-state index in [2.05, 4.69) is 96.1 Å². The Kier molecular flexibility index (Phi) is 4.21. The fourth-order valence-corrected chi connectivity index (χ4v) is 3.70. The minimum Gasteiger partial charge on any atom is -0.399 e. The molecule has 0 spiro atoms. The van der Waals surface area contributed by atoms with E-state index in [-0.39, 0.29) is 18.3 Å². The molecule has 0 unspecified atom stereocenters. The standard InChI is InChI=1S/C24H27BO2/c1-16-11-12-20(25-26-23(3,4)24(5,6)27-25)15-22(16)21-14-19-10-8-7-9-18(19)13-17(21)2/h7-15H,1-6H3. The molecule has 0 N–H and O–H groups in total. The summed E-state index contributed by atoms with van der Waals surface area (Å²) in [5.41, 5.74) is 5.46. The second kappa shape index (κ2) is 6.22. The van der Waals surface area contributed by atoms with Gasteiger partial charge in [0.15, 0.2) is 0 Å². The molecule has 2 nitrogen and oxygen atoms in total.